The van der Waals surface area contributed by atoms with Gasteiger partial charge in [0.05, 0.1) is 7.11 Å². The Labute approximate surface area is 114 Å². The van der Waals surface area contributed by atoms with E-state index in [2.05, 4.69) is 26.0 Å². The first kappa shape index (κ1) is 13.8. The summed E-state index contributed by atoms with van der Waals surface area (Å²) in [6.45, 7) is 4.63. The van der Waals surface area contributed by atoms with Crippen molar-refractivity contribution in [2.75, 3.05) is 7.11 Å². The lowest BCUT2D eigenvalue weighted by Crippen LogP contribution is -2.42. The van der Waals surface area contributed by atoms with E-state index in [1.54, 1.807) is 7.11 Å². The zero-order valence-electron chi connectivity index (χ0n) is 11.4. The molecule has 0 radical (unpaired) electrons. The van der Waals surface area contributed by atoms with Crippen molar-refractivity contribution in [3.63, 3.8) is 0 Å². The third-order valence-electron chi connectivity index (χ3n) is 3.76. The van der Waals surface area contributed by atoms with Gasteiger partial charge in [-0.15, -0.1) is 11.8 Å². The van der Waals surface area contributed by atoms with Gasteiger partial charge in [0, 0.05) is 16.2 Å². The van der Waals surface area contributed by atoms with E-state index in [9.17, 15) is 0 Å². The van der Waals surface area contributed by atoms with E-state index in [1.165, 1.54) is 11.3 Å². The third kappa shape index (κ3) is 3.01. The Hall–Kier alpha value is -0.670. The summed E-state index contributed by atoms with van der Waals surface area (Å²) in [5, 5.41) is 0.498. The van der Waals surface area contributed by atoms with Crippen LogP contribution in [0.3, 0.4) is 0 Å². The molecule has 2 N–H and O–H groups in total. The maximum atomic E-state index is 6.34. The second-order valence-corrected chi connectivity index (χ2v) is 6.67. The minimum Gasteiger partial charge on any atom is -0.496 e. The Bertz CT molecular complexity index is 384. The van der Waals surface area contributed by atoms with Crippen molar-refractivity contribution >= 4 is 11.8 Å². The second-order valence-electron chi connectivity index (χ2n) is 5.45. The average Bonchev–Trinajstić information content (AvgIpc) is 2.34. The SMILES string of the molecule is COc1ccccc1SC1C(C)CC(C)CC1N. The molecule has 1 fully saturated rings. The van der Waals surface area contributed by atoms with Crippen LogP contribution < -0.4 is 10.5 Å². The summed E-state index contributed by atoms with van der Waals surface area (Å²) in [7, 11) is 1.73. The summed E-state index contributed by atoms with van der Waals surface area (Å²) < 4.78 is 5.42. The maximum Gasteiger partial charge on any atom is 0.132 e. The molecular weight excluding hydrogens is 242 g/mol. The predicted molar refractivity (Wildman–Crippen MR) is 78.2 cm³/mol. The highest BCUT2D eigenvalue weighted by Crippen LogP contribution is 2.41. The van der Waals surface area contributed by atoms with Gasteiger partial charge in [-0.05, 0) is 36.8 Å². The number of nitrogens with two attached hydrogens (primary N) is 1. The largest absolute Gasteiger partial charge is 0.496 e. The molecule has 1 aliphatic rings. The molecule has 1 aliphatic carbocycles. The first-order valence-electron chi connectivity index (χ1n) is 6.67. The van der Waals surface area contributed by atoms with Crippen molar-refractivity contribution in [2.24, 2.45) is 17.6 Å². The molecule has 2 nitrogen and oxygen atoms in total. The molecular formula is C15H23NOS. The number of hydrogen-bond donors (Lipinski definition) is 1. The van der Waals surface area contributed by atoms with Crippen molar-refractivity contribution < 1.29 is 4.74 Å². The summed E-state index contributed by atoms with van der Waals surface area (Å²) in [5.74, 6) is 2.38. The molecule has 0 heterocycles. The quantitative estimate of drug-likeness (QED) is 0.907. The molecule has 0 saturated heterocycles. The first-order valence-corrected chi connectivity index (χ1v) is 7.55. The Morgan fingerprint density at radius 3 is 2.61 bits per heavy atom. The molecule has 0 aliphatic heterocycles. The Morgan fingerprint density at radius 1 is 1.22 bits per heavy atom. The Balaban J connectivity index is 2.12. The fraction of sp³-hybridized carbons (Fsp3) is 0.600. The number of methoxy groups -OCH3 is 1. The first-order chi connectivity index (χ1) is 8.61. The van der Waals surface area contributed by atoms with Crippen LogP contribution in [0, 0.1) is 11.8 Å². The van der Waals surface area contributed by atoms with Crippen LogP contribution in [0.25, 0.3) is 0 Å². The van der Waals surface area contributed by atoms with Crippen LogP contribution in [0.1, 0.15) is 26.7 Å². The van der Waals surface area contributed by atoms with Gasteiger partial charge in [-0.2, -0.15) is 0 Å². The summed E-state index contributed by atoms with van der Waals surface area (Å²) >= 11 is 1.88. The van der Waals surface area contributed by atoms with Crippen LogP contribution >= 0.6 is 11.8 Å². The monoisotopic (exact) mass is 265 g/mol. The molecule has 0 bridgehead atoms. The van der Waals surface area contributed by atoms with Crippen LogP contribution in [0.2, 0.25) is 0 Å². The molecule has 2 rings (SSSR count). The van der Waals surface area contributed by atoms with Gasteiger partial charge in [0.2, 0.25) is 0 Å². The topological polar surface area (TPSA) is 35.2 Å². The van der Waals surface area contributed by atoms with E-state index in [-0.39, 0.29) is 0 Å². The van der Waals surface area contributed by atoms with E-state index in [0.29, 0.717) is 17.2 Å². The fourth-order valence-electron chi connectivity index (χ4n) is 2.95. The van der Waals surface area contributed by atoms with Gasteiger partial charge in [0.25, 0.3) is 0 Å². The minimum atomic E-state index is 0.290. The lowest BCUT2D eigenvalue weighted by molar-refractivity contribution is 0.279. The normalized spacial score (nSPS) is 32.2. The minimum absolute atomic E-state index is 0.290. The number of para-hydroxylation sites is 1. The van der Waals surface area contributed by atoms with E-state index in [0.717, 1.165) is 18.1 Å². The third-order valence-corrected chi connectivity index (χ3v) is 5.44. The number of benzene rings is 1. The van der Waals surface area contributed by atoms with Crippen molar-refractivity contribution in [3.05, 3.63) is 24.3 Å². The van der Waals surface area contributed by atoms with Gasteiger partial charge in [-0.25, -0.2) is 0 Å². The standard InChI is InChI=1S/C15H23NOS/c1-10-8-11(2)15(12(16)9-10)18-14-7-5-4-6-13(14)17-3/h4-7,10-12,15H,8-9,16H2,1-3H3. The zero-order chi connectivity index (χ0) is 13.1. The van der Waals surface area contributed by atoms with Gasteiger partial charge < -0.3 is 10.5 Å². The molecule has 4 unspecified atom stereocenters. The fourth-order valence-corrected chi connectivity index (χ4v) is 4.30. The van der Waals surface area contributed by atoms with Gasteiger partial charge >= 0.3 is 0 Å². The summed E-state index contributed by atoms with van der Waals surface area (Å²) in [4.78, 5) is 1.21. The van der Waals surface area contributed by atoms with Crippen molar-refractivity contribution in [2.45, 2.75) is 42.9 Å². The molecule has 1 aromatic carbocycles. The van der Waals surface area contributed by atoms with E-state index >= 15 is 0 Å². The van der Waals surface area contributed by atoms with Crippen LogP contribution in [-0.2, 0) is 0 Å². The van der Waals surface area contributed by atoms with Crippen molar-refractivity contribution in [1.29, 1.82) is 0 Å². The molecule has 100 valence electrons. The summed E-state index contributed by atoms with van der Waals surface area (Å²) in [6.07, 6.45) is 2.41. The van der Waals surface area contributed by atoms with Crippen molar-refractivity contribution in [3.8, 4) is 5.75 Å². The number of hydrogen-bond acceptors (Lipinski definition) is 3. The second kappa shape index (κ2) is 5.98. The molecule has 3 heteroatoms. The number of rotatable bonds is 3. The molecule has 4 atom stereocenters. The molecule has 0 spiro atoms. The average molecular weight is 265 g/mol. The lowest BCUT2D eigenvalue weighted by atomic mass is 9.80. The lowest BCUT2D eigenvalue weighted by Gasteiger charge is -2.37. The Morgan fingerprint density at radius 2 is 1.94 bits per heavy atom. The van der Waals surface area contributed by atoms with Gasteiger partial charge in [-0.3, -0.25) is 0 Å². The van der Waals surface area contributed by atoms with Crippen LogP contribution in [0.4, 0.5) is 0 Å². The highest BCUT2D eigenvalue weighted by molar-refractivity contribution is 8.00. The molecule has 18 heavy (non-hydrogen) atoms. The highest BCUT2D eigenvalue weighted by Gasteiger charge is 2.32. The predicted octanol–water partition coefficient (Wildman–Crippen LogP) is 3.55. The Kier molecular flexibility index (Phi) is 4.57. The number of thioether (sulfide) groups is 1. The maximum absolute atomic E-state index is 6.34. The van der Waals surface area contributed by atoms with Crippen LogP contribution in [-0.4, -0.2) is 18.4 Å². The van der Waals surface area contributed by atoms with Gasteiger partial charge in [0.15, 0.2) is 0 Å². The summed E-state index contributed by atoms with van der Waals surface area (Å²) in [6, 6.07) is 8.51. The van der Waals surface area contributed by atoms with Gasteiger partial charge in [0.1, 0.15) is 5.75 Å². The molecule has 1 aromatic rings. The van der Waals surface area contributed by atoms with E-state index in [4.69, 9.17) is 10.5 Å². The molecule has 0 aromatic heterocycles. The summed E-state index contributed by atoms with van der Waals surface area (Å²) in [5.41, 5.74) is 6.34. The number of ether oxygens (including phenoxy) is 1. The molecule has 0 amide bonds. The highest BCUT2D eigenvalue weighted by atomic mass is 32.2. The molecule has 1 saturated carbocycles. The van der Waals surface area contributed by atoms with Crippen molar-refractivity contribution in [1.82, 2.24) is 0 Å². The zero-order valence-corrected chi connectivity index (χ0v) is 12.2. The van der Waals surface area contributed by atoms with E-state index in [1.807, 2.05) is 23.9 Å². The van der Waals surface area contributed by atoms with Crippen LogP contribution in [0.5, 0.6) is 5.75 Å². The van der Waals surface area contributed by atoms with E-state index < -0.39 is 0 Å². The van der Waals surface area contributed by atoms with Crippen LogP contribution in [0.15, 0.2) is 29.2 Å². The van der Waals surface area contributed by atoms with Gasteiger partial charge in [-0.1, -0.05) is 26.0 Å². The smallest absolute Gasteiger partial charge is 0.132 e.